The van der Waals surface area contributed by atoms with Crippen molar-refractivity contribution in [3.05, 3.63) is 64.7 Å². The molecule has 1 aliphatic rings. The molecule has 7 heteroatoms. The molecular weight excluding hydrogens is 468 g/mol. The zero-order valence-corrected chi connectivity index (χ0v) is 21.7. The summed E-state index contributed by atoms with van der Waals surface area (Å²) in [7, 11) is 1.65. The number of carbonyl (C=O) groups is 2. The van der Waals surface area contributed by atoms with Crippen molar-refractivity contribution in [3.63, 3.8) is 0 Å². The topological polar surface area (TPSA) is 58.6 Å². The molecule has 3 rings (SSSR count). The summed E-state index contributed by atoms with van der Waals surface area (Å²) in [6.45, 7) is 2.35. The minimum absolute atomic E-state index is 0.0286. The molecule has 1 saturated carbocycles. The lowest BCUT2D eigenvalue weighted by atomic mass is 9.95. The van der Waals surface area contributed by atoms with Gasteiger partial charge in [0.1, 0.15) is 11.8 Å². The maximum atomic E-state index is 13.4. The number of carbonyl (C=O) groups excluding carboxylic acids is 2. The second-order valence-electron chi connectivity index (χ2n) is 8.76. The number of ether oxygens (including phenoxy) is 1. The number of nitrogens with one attached hydrogen (secondary N) is 1. The standard InChI is InChI=1S/C27H35ClN2O3S/c1-3-25(27(32)29-23-7-5-4-6-8-23)30(17-20-9-13-22(28)14-10-20)26(31)19-34-18-21-11-15-24(33-2)16-12-21/h9-16,23,25H,3-8,17-19H2,1-2H3,(H,29,32)/t25-/m1/s1. The number of methoxy groups -OCH3 is 1. The van der Waals surface area contributed by atoms with E-state index in [1.165, 1.54) is 6.42 Å². The third-order valence-electron chi connectivity index (χ3n) is 6.26. The third-order valence-corrected chi connectivity index (χ3v) is 7.50. The number of halogens is 1. The van der Waals surface area contributed by atoms with Gasteiger partial charge in [0.2, 0.25) is 11.8 Å². The lowest BCUT2D eigenvalue weighted by molar-refractivity contribution is -0.139. The molecular formula is C27H35ClN2O3S. The molecule has 1 fully saturated rings. The van der Waals surface area contributed by atoms with Crippen LogP contribution in [0, 0.1) is 0 Å². The Morgan fingerprint density at radius 2 is 1.71 bits per heavy atom. The largest absolute Gasteiger partial charge is 0.497 e. The second-order valence-corrected chi connectivity index (χ2v) is 10.2. The summed E-state index contributed by atoms with van der Waals surface area (Å²) in [6, 6.07) is 15.1. The molecule has 0 saturated heterocycles. The number of thioether (sulfide) groups is 1. The Labute approximate surface area is 212 Å². The summed E-state index contributed by atoms with van der Waals surface area (Å²) in [4.78, 5) is 28.4. The van der Waals surface area contributed by atoms with Crippen LogP contribution in [0.4, 0.5) is 0 Å². The molecule has 2 aromatic carbocycles. The van der Waals surface area contributed by atoms with Crippen LogP contribution in [0.3, 0.4) is 0 Å². The monoisotopic (exact) mass is 502 g/mol. The first-order valence-corrected chi connectivity index (χ1v) is 13.6. The predicted octanol–water partition coefficient (Wildman–Crippen LogP) is 5.84. The fourth-order valence-electron chi connectivity index (χ4n) is 4.31. The Bertz CT molecular complexity index is 914. The summed E-state index contributed by atoms with van der Waals surface area (Å²) >= 11 is 7.61. The first kappa shape index (κ1) is 26.4. The average Bonchev–Trinajstić information content (AvgIpc) is 2.86. The van der Waals surface area contributed by atoms with E-state index in [1.54, 1.807) is 23.8 Å². The van der Waals surface area contributed by atoms with Gasteiger partial charge in [0.05, 0.1) is 12.9 Å². The van der Waals surface area contributed by atoms with E-state index >= 15 is 0 Å². The van der Waals surface area contributed by atoms with Gasteiger partial charge in [-0.25, -0.2) is 0 Å². The van der Waals surface area contributed by atoms with Crippen LogP contribution in [0.5, 0.6) is 5.75 Å². The Balaban J connectivity index is 1.67. The van der Waals surface area contributed by atoms with E-state index in [9.17, 15) is 9.59 Å². The third kappa shape index (κ3) is 7.95. The fraction of sp³-hybridized carbons (Fsp3) is 0.481. The number of hydrogen-bond acceptors (Lipinski definition) is 4. The van der Waals surface area contributed by atoms with E-state index in [0.29, 0.717) is 23.7 Å². The molecule has 2 aromatic rings. The minimum atomic E-state index is -0.494. The maximum absolute atomic E-state index is 13.4. The van der Waals surface area contributed by atoms with Crippen LogP contribution in [0.2, 0.25) is 5.02 Å². The van der Waals surface area contributed by atoms with Gasteiger partial charge >= 0.3 is 0 Å². The van der Waals surface area contributed by atoms with E-state index in [0.717, 1.165) is 48.3 Å². The van der Waals surface area contributed by atoms with Crippen LogP contribution in [0.15, 0.2) is 48.5 Å². The van der Waals surface area contributed by atoms with Gasteiger partial charge in [0.15, 0.2) is 0 Å². The van der Waals surface area contributed by atoms with Gasteiger partial charge in [-0.2, -0.15) is 0 Å². The highest BCUT2D eigenvalue weighted by molar-refractivity contribution is 7.99. The number of hydrogen-bond donors (Lipinski definition) is 1. The molecule has 184 valence electrons. The van der Waals surface area contributed by atoms with Crippen LogP contribution in [-0.2, 0) is 21.9 Å². The van der Waals surface area contributed by atoms with Gasteiger partial charge in [-0.15, -0.1) is 11.8 Å². The number of benzene rings is 2. The molecule has 0 aliphatic heterocycles. The summed E-state index contributed by atoms with van der Waals surface area (Å²) < 4.78 is 5.21. The van der Waals surface area contributed by atoms with Crippen molar-refractivity contribution in [1.82, 2.24) is 10.2 Å². The molecule has 1 atom stereocenters. The Kier molecular flexibility index (Phi) is 10.6. The zero-order valence-electron chi connectivity index (χ0n) is 20.1. The van der Waals surface area contributed by atoms with Crippen molar-refractivity contribution in [2.24, 2.45) is 0 Å². The molecule has 0 radical (unpaired) electrons. The first-order chi connectivity index (χ1) is 16.5. The van der Waals surface area contributed by atoms with E-state index in [-0.39, 0.29) is 17.9 Å². The number of rotatable bonds is 11. The highest BCUT2D eigenvalue weighted by Gasteiger charge is 2.30. The SMILES string of the molecule is CC[C@H](C(=O)NC1CCCCC1)N(Cc1ccc(Cl)cc1)C(=O)CSCc1ccc(OC)cc1. The van der Waals surface area contributed by atoms with Gasteiger partial charge < -0.3 is 15.0 Å². The molecule has 0 aromatic heterocycles. The molecule has 1 N–H and O–H groups in total. The highest BCUT2D eigenvalue weighted by atomic mass is 35.5. The van der Waals surface area contributed by atoms with E-state index in [2.05, 4.69) is 5.32 Å². The summed E-state index contributed by atoms with van der Waals surface area (Å²) in [5, 5.41) is 3.87. The quantitative estimate of drug-likeness (QED) is 0.419. The second kappa shape index (κ2) is 13.6. The van der Waals surface area contributed by atoms with E-state index in [4.69, 9.17) is 16.3 Å². The molecule has 0 heterocycles. The van der Waals surface area contributed by atoms with E-state index < -0.39 is 6.04 Å². The molecule has 0 spiro atoms. The van der Waals surface area contributed by atoms with Gasteiger partial charge in [-0.05, 0) is 54.7 Å². The van der Waals surface area contributed by atoms with Gasteiger partial charge in [-0.3, -0.25) is 9.59 Å². The summed E-state index contributed by atoms with van der Waals surface area (Å²) in [6.07, 6.45) is 6.14. The van der Waals surface area contributed by atoms with Crippen LogP contribution in [0.1, 0.15) is 56.6 Å². The lowest BCUT2D eigenvalue weighted by Gasteiger charge is -2.32. The molecule has 2 amide bonds. The molecule has 1 aliphatic carbocycles. The molecule has 0 bridgehead atoms. The average molecular weight is 503 g/mol. The first-order valence-electron chi connectivity index (χ1n) is 12.0. The fourth-order valence-corrected chi connectivity index (χ4v) is 5.31. The maximum Gasteiger partial charge on any atom is 0.243 e. The van der Waals surface area contributed by atoms with Crippen molar-refractivity contribution < 1.29 is 14.3 Å². The summed E-state index contributed by atoms with van der Waals surface area (Å²) in [5.41, 5.74) is 2.09. The van der Waals surface area contributed by atoms with Crippen molar-refractivity contribution in [1.29, 1.82) is 0 Å². The Morgan fingerprint density at radius 1 is 1.06 bits per heavy atom. The number of nitrogens with zero attached hydrogens (tertiary/aromatic N) is 1. The van der Waals surface area contributed by atoms with Crippen LogP contribution < -0.4 is 10.1 Å². The highest BCUT2D eigenvalue weighted by Crippen LogP contribution is 2.21. The van der Waals surface area contributed by atoms with Crippen LogP contribution >= 0.6 is 23.4 Å². The Morgan fingerprint density at radius 3 is 2.32 bits per heavy atom. The minimum Gasteiger partial charge on any atom is -0.497 e. The van der Waals surface area contributed by atoms with Gasteiger partial charge in [-0.1, -0.05) is 62.1 Å². The van der Waals surface area contributed by atoms with E-state index in [1.807, 2.05) is 55.5 Å². The normalized spacial score (nSPS) is 14.9. The van der Waals surface area contributed by atoms with Crippen molar-refractivity contribution in [3.8, 4) is 5.75 Å². The lowest BCUT2D eigenvalue weighted by Crippen LogP contribution is -2.52. The number of amides is 2. The predicted molar refractivity (Wildman–Crippen MR) is 140 cm³/mol. The molecule has 34 heavy (non-hydrogen) atoms. The zero-order chi connectivity index (χ0) is 24.3. The van der Waals surface area contributed by atoms with Crippen molar-refractivity contribution in [2.45, 2.75) is 69.8 Å². The molecule has 5 nitrogen and oxygen atoms in total. The summed E-state index contributed by atoms with van der Waals surface area (Å²) in [5.74, 6) is 1.77. The van der Waals surface area contributed by atoms with Crippen LogP contribution in [0.25, 0.3) is 0 Å². The van der Waals surface area contributed by atoms with Gasteiger partial charge in [0.25, 0.3) is 0 Å². The Hall–Kier alpha value is -2.18. The molecule has 0 unspecified atom stereocenters. The van der Waals surface area contributed by atoms with Crippen molar-refractivity contribution >= 4 is 35.2 Å². The van der Waals surface area contributed by atoms with Gasteiger partial charge in [0, 0.05) is 23.4 Å². The smallest absolute Gasteiger partial charge is 0.243 e. The van der Waals surface area contributed by atoms with Crippen molar-refractivity contribution in [2.75, 3.05) is 12.9 Å². The van der Waals surface area contributed by atoms with Crippen LogP contribution in [-0.4, -0.2) is 41.7 Å².